The van der Waals surface area contributed by atoms with E-state index < -0.39 is 10.0 Å². The molecule has 1 aromatic rings. The third kappa shape index (κ3) is 2.50. The van der Waals surface area contributed by atoms with Crippen molar-refractivity contribution in [1.29, 1.82) is 0 Å². The van der Waals surface area contributed by atoms with Crippen LogP contribution in [0.25, 0.3) is 0 Å². The molecule has 4 nitrogen and oxygen atoms in total. The fourth-order valence-electron chi connectivity index (χ4n) is 2.97. The van der Waals surface area contributed by atoms with Crippen molar-refractivity contribution in [3.8, 4) is 0 Å². The van der Waals surface area contributed by atoms with E-state index in [1.165, 1.54) is 0 Å². The molecule has 1 aliphatic carbocycles. The predicted octanol–water partition coefficient (Wildman–Crippen LogP) is 1.48. The number of nitrogens with one attached hydrogen (secondary N) is 2. The van der Waals surface area contributed by atoms with Crippen molar-refractivity contribution < 1.29 is 8.42 Å². The summed E-state index contributed by atoms with van der Waals surface area (Å²) in [5.41, 5.74) is 1.18. The number of hydrogen-bond acceptors (Lipinski definition) is 3. The van der Waals surface area contributed by atoms with Crippen LogP contribution in [0.1, 0.15) is 26.3 Å². The minimum Gasteiger partial charge on any atom is -0.316 e. The van der Waals surface area contributed by atoms with Gasteiger partial charge >= 0.3 is 0 Å². The van der Waals surface area contributed by atoms with Crippen LogP contribution in [0, 0.1) is 11.8 Å². The minimum absolute atomic E-state index is 0.0366. The van der Waals surface area contributed by atoms with E-state index in [2.05, 4.69) is 30.8 Å². The lowest BCUT2D eigenvalue weighted by atomic mass is 9.87. The van der Waals surface area contributed by atoms with E-state index in [0.29, 0.717) is 16.7 Å². The molecule has 1 heterocycles. The molecule has 3 atom stereocenters. The van der Waals surface area contributed by atoms with Crippen LogP contribution >= 0.6 is 0 Å². The molecule has 1 aromatic carbocycles. The topological polar surface area (TPSA) is 58.2 Å². The molecule has 0 radical (unpaired) electrons. The molecule has 2 N–H and O–H groups in total. The van der Waals surface area contributed by atoms with E-state index in [1.54, 1.807) is 12.1 Å². The quantitative estimate of drug-likeness (QED) is 0.888. The van der Waals surface area contributed by atoms with Gasteiger partial charge in [-0.3, -0.25) is 0 Å². The van der Waals surface area contributed by atoms with Crippen LogP contribution < -0.4 is 10.0 Å². The van der Waals surface area contributed by atoms with Crippen molar-refractivity contribution in [2.45, 2.75) is 37.1 Å². The highest BCUT2D eigenvalue weighted by Gasteiger charge is 2.54. The molecule has 110 valence electrons. The van der Waals surface area contributed by atoms with Crippen molar-refractivity contribution in [2.75, 3.05) is 13.1 Å². The molecular weight excluding hydrogens is 272 g/mol. The van der Waals surface area contributed by atoms with Crippen LogP contribution in [0.15, 0.2) is 29.2 Å². The third-order valence-electron chi connectivity index (χ3n) is 4.41. The Kier molecular flexibility index (Phi) is 3.19. The lowest BCUT2D eigenvalue weighted by Crippen LogP contribution is -2.32. The van der Waals surface area contributed by atoms with E-state index in [1.807, 2.05) is 12.1 Å². The summed E-state index contributed by atoms with van der Waals surface area (Å²) in [6, 6.07) is 7.36. The standard InChI is InChI=1S/C15H22N2O2S/c1-15(2,3)10-4-6-11(7-5-10)20(18,19)17-14-12-8-16-9-13(12)14/h4-7,12-14,16-17H,8-9H2,1-3H3/t12-,13+,14?. The number of hydrogen-bond donors (Lipinski definition) is 2. The summed E-state index contributed by atoms with van der Waals surface area (Å²) >= 11 is 0. The smallest absolute Gasteiger partial charge is 0.240 e. The molecule has 0 amide bonds. The molecule has 3 rings (SSSR count). The van der Waals surface area contributed by atoms with E-state index in [0.717, 1.165) is 18.7 Å². The summed E-state index contributed by atoms with van der Waals surface area (Å²) in [5, 5.41) is 3.27. The molecule has 1 aliphatic heterocycles. The highest BCUT2D eigenvalue weighted by atomic mass is 32.2. The summed E-state index contributed by atoms with van der Waals surface area (Å²) in [4.78, 5) is 0.364. The lowest BCUT2D eigenvalue weighted by molar-refractivity contribution is 0.564. The molecule has 0 spiro atoms. The first-order valence-corrected chi connectivity index (χ1v) is 8.61. The molecule has 1 saturated carbocycles. The molecule has 0 bridgehead atoms. The van der Waals surface area contributed by atoms with E-state index in [9.17, 15) is 8.42 Å². The van der Waals surface area contributed by atoms with Gasteiger partial charge in [0.25, 0.3) is 0 Å². The molecule has 0 aromatic heterocycles. The van der Waals surface area contributed by atoms with Crippen LogP contribution in [0.4, 0.5) is 0 Å². The number of fused-ring (bicyclic) bond motifs is 1. The maximum Gasteiger partial charge on any atom is 0.240 e. The summed E-state index contributed by atoms with van der Waals surface area (Å²) in [6.07, 6.45) is 0. The van der Waals surface area contributed by atoms with Crippen LogP contribution in [0.5, 0.6) is 0 Å². The Bertz CT molecular complexity index is 592. The van der Waals surface area contributed by atoms with Gasteiger partial charge in [-0.2, -0.15) is 0 Å². The zero-order valence-corrected chi connectivity index (χ0v) is 13.0. The highest BCUT2D eigenvalue weighted by Crippen LogP contribution is 2.42. The second kappa shape index (κ2) is 4.55. The molecule has 20 heavy (non-hydrogen) atoms. The Morgan fingerprint density at radius 2 is 1.65 bits per heavy atom. The van der Waals surface area contributed by atoms with Gasteiger partial charge in [-0.15, -0.1) is 0 Å². The van der Waals surface area contributed by atoms with Crippen LogP contribution in [0.3, 0.4) is 0 Å². The van der Waals surface area contributed by atoms with Crippen molar-refractivity contribution in [1.82, 2.24) is 10.0 Å². The van der Waals surface area contributed by atoms with E-state index >= 15 is 0 Å². The van der Waals surface area contributed by atoms with Gasteiger partial charge in [0.05, 0.1) is 4.90 Å². The lowest BCUT2D eigenvalue weighted by Gasteiger charge is -2.19. The Morgan fingerprint density at radius 3 is 2.15 bits per heavy atom. The maximum atomic E-state index is 12.3. The number of sulfonamides is 1. The number of benzene rings is 1. The van der Waals surface area contributed by atoms with Crippen molar-refractivity contribution in [3.05, 3.63) is 29.8 Å². The first-order chi connectivity index (χ1) is 9.29. The summed E-state index contributed by atoms with van der Waals surface area (Å²) < 4.78 is 27.5. The second-order valence-corrected chi connectivity index (χ2v) is 8.62. The van der Waals surface area contributed by atoms with Gasteiger partial charge in [0, 0.05) is 6.04 Å². The minimum atomic E-state index is -3.38. The Hall–Kier alpha value is -0.910. The zero-order chi connectivity index (χ0) is 14.5. The summed E-state index contributed by atoms with van der Waals surface area (Å²) in [5.74, 6) is 0.970. The van der Waals surface area contributed by atoms with Gasteiger partial charge in [0.1, 0.15) is 0 Å². The molecular formula is C15H22N2O2S. The van der Waals surface area contributed by atoms with Gasteiger partial charge in [0.15, 0.2) is 0 Å². The predicted molar refractivity (Wildman–Crippen MR) is 79.1 cm³/mol. The Labute approximate surface area is 121 Å². The maximum absolute atomic E-state index is 12.3. The van der Waals surface area contributed by atoms with Gasteiger partial charge in [-0.1, -0.05) is 32.9 Å². The normalized spacial score (nSPS) is 29.2. The van der Waals surface area contributed by atoms with Crippen LogP contribution in [0.2, 0.25) is 0 Å². The molecule has 1 saturated heterocycles. The van der Waals surface area contributed by atoms with Crippen molar-refractivity contribution in [2.24, 2.45) is 11.8 Å². The Morgan fingerprint density at radius 1 is 1.10 bits per heavy atom. The SMILES string of the molecule is CC(C)(C)c1ccc(S(=O)(=O)NC2[C@H]3CNC[C@@H]23)cc1. The van der Waals surface area contributed by atoms with E-state index in [4.69, 9.17) is 0 Å². The number of rotatable bonds is 3. The first kappa shape index (κ1) is 14.0. The summed E-state index contributed by atoms with van der Waals surface area (Å²) in [7, 11) is -3.38. The van der Waals surface area contributed by atoms with Crippen LogP contribution in [-0.4, -0.2) is 27.5 Å². The van der Waals surface area contributed by atoms with E-state index in [-0.39, 0.29) is 11.5 Å². The zero-order valence-electron chi connectivity index (χ0n) is 12.2. The monoisotopic (exact) mass is 294 g/mol. The van der Waals surface area contributed by atoms with Crippen molar-refractivity contribution >= 4 is 10.0 Å². The second-order valence-electron chi connectivity index (χ2n) is 6.91. The molecule has 2 aliphatic rings. The fourth-order valence-corrected chi connectivity index (χ4v) is 4.31. The van der Waals surface area contributed by atoms with Gasteiger partial charge in [-0.25, -0.2) is 13.1 Å². The third-order valence-corrected chi connectivity index (χ3v) is 5.89. The average Bonchev–Trinajstić information content (AvgIpc) is 2.82. The largest absolute Gasteiger partial charge is 0.316 e. The van der Waals surface area contributed by atoms with Gasteiger partial charge in [0.2, 0.25) is 10.0 Å². The van der Waals surface area contributed by atoms with Crippen molar-refractivity contribution in [3.63, 3.8) is 0 Å². The van der Waals surface area contributed by atoms with Gasteiger partial charge in [-0.05, 0) is 48.0 Å². The average molecular weight is 294 g/mol. The molecule has 5 heteroatoms. The highest BCUT2D eigenvalue weighted by molar-refractivity contribution is 7.89. The Balaban J connectivity index is 1.74. The molecule has 2 fully saturated rings. The van der Waals surface area contributed by atoms with Crippen LogP contribution in [-0.2, 0) is 15.4 Å². The number of piperidine rings is 1. The molecule has 1 unspecified atom stereocenters. The summed E-state index contributed by atoms with van der Waals surface area (Å²) in [6.45, 7) is 8.22. The first-order valence-electron chi connectivity index (χ1n) is 7.13. The fraction of sp³-hybridized carbons (Fsp3) is 0.600. The van der Waals surface area contributed by atoms with Gasteiger partial charge < -0.3 is 5.32 Å².